The number of carboxylic acids is 1. The molecule has 1 aliphatic carbocycles. The maximum atomic E-state index is 12.3. The monoisotopic (exact) mass is 253 g/mol. The van der Waals surface area contributed by atoms with Gasteiger partial charge in [0.1, 0.15) is 0 Å². The Balaban J connectivity index is 2.71. The SMILES string of the molecule is CC1CCC(C(=O)O)C(N(C)CC(F)(F)F)C1. The summed E-state index contributed by atoms with van der Waals surface area (Å²) in [7, 11) is 1.35. The molecule has 1 N–H and O–H groups in total. The molecule has 1 saturated carbocycles. The van der Waals surface area contributed by atoms with E-state index in [1.165, 1.54) is 7.05 Å². The minimum atomic E-state index is -4.28. The predicted molar refractivity (Wildman–Crippen MR) is 56.6 cm³/mol. The Hall–Kier alpha value is -0.780. The smallest absolute Gasteiger partial charge is 0.401 e. The van der Waals surface area contributed by atoms with Crippen molar-refractivity contribution in [2.24, 2.45) is 11.8 Å². The van der Waals surface area contributed by atoms with E-state index in [9.17, 15) is 18.0 Å². The van der Waals surface area contributed by atoms with E-state index >= 15 is 0 Å². The van der Waals surface area contributed by atoms with Crippen molar-refractivity contribution in [3.63, 3.8) is 0 Å². The third-order valence-corrected chi connectivity index (χ3v) is 3.39. The van der Waals surface area contributed by atoms with Gasteiger partial charge >= 0.3 is 12.1 Å². The van der Waals surface area contributed by atoms with Gasteiger partial charge in [0.25, 0.3) is 0 Å². The molecule has 0 spiro atoms. The first kappa shape index (κ1) is 14.3. The Kier molecular flexibility index (Phi) is 4.41. The standard InChI is InChI=1S/C11H18F3NO2/c1-7-3-4-8(10(16)17)9(5-7)15(2)6-11(12,13)14/h7-9H,3-6H2,1-2H3,(H,16,17). The predicted octanol–water partition coefficient (Wildman–Crippen LogP) is 2.37. The average molecular weight is 253 g/mol. The van der Waals surface area contributed by atoms with Crippen LogP contribution >= 0.6 is 0 Å². The fourth-order valence-electron chi connectivity index (χ4n) is 2.53. The van der Waals surface area contributed by atoms with Crippen LogP contribution in [-0.2, 0) is 4.79 Å². The van der Waals surface area contributed by atoms with Crippen LogP contribution in [0, 0.1) is 11.8 Å². The Labute approximate surface area is 98.6 Å². The molecule has 0 saturated heterocycles. The van der Waals surface area contributed by atoms with Gasteiger partial charge < -0.3 is 5.11 Å². The highest BCUT2D eigenvalue weighted by Crippen LogP contribution is 2.33. The van der Waals surface area contributed by atoms with E-state index in [0.717, 1.165) is 11.3 Å². The van der Waals surface area contributed by atoms with Crippen LogP contribution < -0.4 is 0 Å². The lowest BCUT2D eigenvalue weighted by atomic mass is 9.78. The summed E-state index contributed by atoms with van der Waals surface area (Å²) in [6, 6.07) is -0.516. The molecule has 0 bridgehead atoms. The fraction of sp³-hybridized carbons (Fsp3) is 0.909. The first-order valence-corrected chi connectivity index (χ1v) is 5.70. The number of aliphatic carboxylic acids is 1. The number of halogens is 3. The molecule has 0 amide bonds. The number of alkyl halides is 3. The van der Waals surface area contributed by atoms with E-state index in [1.807, 2.05) is 6.92 Å². The van der Waals surface area contributed by atoms with Crippen molar-refractivity contribution in [2.75, 3.05) is 13.6 Å². The summed E-state index contributed by atoms with van der Waals surface area (Å²) in [5.74, 6) is -1.39. The van der Waals surface area contributed by atoms with Gasteiger partial charge in [0.2, 0.25) is 0 Å². The Morgan fingerprint density at radius 2 is 2.00 bits per heavy atom. The fourth-order valence-corrected chi connectivity index (χ4v) is 2.53. The summed E-state index contributed by atoms with van der Waals surface area (Å²) >= 11 is 0. The molecule has 3 nitrogen and oxygen atoms in total. The second kappa shape index (κ2) is 5.25. The molecule has 0 aromatic carbocycles. The molecular formula is C11H18F3NO2. The number of hydrogen-bond donors (Lipinski definition) is 1. The molecule has 0 aromatic heterocycles. The van der Waals surface area contributed by atoms with Crippen molar-refractivity contribution in [1.29, 1.82) is 0 Å². The van der Waals surface area contributed by atoms with Crippen molar-refractivity contribution in [2.45, 2.75) is 38.4 Å². The number of carbonyl (C=O) groups is 1. The molecule has 0 aliphatic heterocycles. The van der Waals surface area contributed by atoms with E-state index in [-0.39, 0.29) is 5.92 Å². The van der Waals surface area contributed by atoms with Crippen molar-refractivity contribution >= 4 is 5.97 Å². The summed E-state index contributed by atoms with van der Waals surface area (Å²) in [6.07, 6.45) is -2.53. The zero-order chi connectivity index (χ0) is 13.2. The molecule has 17 heavy (non-hydrogen) atoms. The highest BCUT2D eigenvalue weighted by molar-refractivity contribution is 5.71. The van der Waals surface area contributed by atoms with E-state index in [2.05, 4.69) is 0 Å². The van der Waals surface area contributed by atoms with Crippen LogP contribution in [0.2, 0.25) is 0 Å². The topological polar surface area (TPSA) is 40.5 Å². The van der Waals surface area contributed by atoms with E-state index in [4.69, 9.17) is 5.11 Å². The highest BCUT2D eigenvalue weighted by Gasteiger charge is 2.39. The van der Waals surface area contributed by atoms with Crippen LogP contribution in [0.15, 0.2) is 0 Å². The van der Waals surface area contributed by atoms with Crippen LogP contribution in [-0.4, -0.2) is 41.8 Å². The third-order valence-electron chi connectivity index (χ3n) is 3.39. The van der Waals surface area contributed by atoms with Crippen LogP contribution in [0.1, 0.15) is 26.2 Å². The van der Waals surface area contributed by atoms with Crippen molar-refractivity contribution in [3.8, 4) is 0 Å². The maximum absolute atomic E-state index is 12.3. The Morgan fingerprint density at radius 3 is 2.47 bits per heavy atom. The van der Waals surface area contributed by atoms with Crippen LogP contribution in [0.4, 0.5) is 13.2 Å². The van der Waals surface area contributed by atoms with Gasteiger partial charge in [0, 0.05) is 6.04 Å². The van der Waals surface area contributed by atoms with E-state index < -0.39 is 30.7 Å². The molecule has 1 aliphatic rings. The maximum Gasteiger partial charge on any atom is 0.401 e. The van der Waals surface area contributed by atoms with Gasteiger partial charge in [-0.05, 0) is 32.2 Å². The lowest BCUT2D eigenvalue weighted by Gasteiger charge is -2.38. The molecule has 6 heteroatoms. The number of hydrogen-bond acceptors (Lipinski definition) is 2. The second-order valence-electron chi connectivity index (χ2n) is 4.96. The summed E-state index contributed by atoms with van der Waals surface area (Å²) in [6.45, 7) is 0.903. The lowest BCUT2D eigenvalue weighted by molar-refractivity contribution is -0.160. The molecular weight excluding hydrogens is 235 g/mol. The van der Waals surface area contributed by atoms with Gasteiger partial charge in [-0.3, -0.25) is 9.69 Å². The van der Waals surface area contributed by atoms with Crippen LogP contribution in [0.5, 0.6) is 0 Å². The van der Waals surface area contributed by atoms with Crippen LogP contribution in [0.3, 0.4) is 0 Å². The molecule has 0 aromatic rings. The van der Waals surface area contributed by atoms with Crippen LogP contribution in [0.25, 0.3) is 0 Å². The Bertz CT molecular complexity index is 280. The van der Waals surface area contributed by atoms with Gasteiger partial charge in [0.15, 0.2) is 0 Å². The molecule has 3 unspecified atom stereocenters. The minimum absolute atomic E-state index is 0.284. The van der Waals surface area contributed by atoms with Crippen molar-refractivity contribution in [1.82, 2.24) is 4.90 Å². The molecule has 1 rings (SSSR count). The zero-order valence-corrected chi connectivity index (χ0v) is 10.00. The van der Waals surface area contributed by atoms with E-state index in [1.54, 1.807) is 0 Å². The van der Waals surface area contributed by atoms with Gasteiger partial charge in [-0.25, -0.2) is 0 Å². The molecule has 0 heterocycles. The molecule has 0 radical (unpaired) electrons. The molecule has 3 atom stereocenters. The quantitative estimate of drug-likeness (QED) is 0.839. The number of rotatable bonds is 3. The first-order chi connectivity index (χ1) is 7.70. The van der Waals surface area contributed by atoms with Crippen molar-refractivity contribution < 1.29 is 23.1 Å². The summed E-state index contributed by atoms with van der Waals surface area (Å²) < 4.78 is 36.9. The largest absolute Gasteiger partial charge is 0.481 e. The normalized spacial score (nSPS) is 30.6. The number of carboxylic acid groups (broad SMARTS) is 1. The molecule has 1 fully saturated rings. The van der Waals surface area contributed by atoms with E-state index in [0.29, 0.717) is 12.8 Å². The lowest BCUT2D eigenvalue weighted by Crippen LogP contribution is -2.48. The van der Waals surface area contributed by atoms with Gasteiger partial charge in [-0.1, -0.05) is 6.92 Å². The summed E-state index contributed by atoms with van der Waals surface area (Å²) in [5, 5.41) is 9.03. The Morgan fingerprint density at radius 1 is 1.41 bits per heavy atom. The van der Waals surface area contributed by atoms with Gasteiger partial charge in [-0.15, -0.1) is 0 Å². The minimum Gasteiger partial charge on any atom is -0.481 e. The summed E-state index contributed by atoms with van der Waals surface area (Å²) in [4.78, 5) is 12.2. The van der Waals surface area contributed by atoms with Gasteiger partial charge in [-0.2, -0.15) is 13.2 Å². The average Bonchev–Trinajstić information content (AvgIpc) is 2.14. The third kappa shape index (κ3) is 4.18. The number of nitrogens with zero attached hydrogens (tertiary/aromatic N) is 1. The van der Waals surface area contributed by atoms with Gasteiger partial charge in [0.05, 0.1) is 12.5 Å². The second-order valence-corrected chi connectivity index (χ2v) is 4.96. The van der Waals surface area contributed by atoms with Crippen molar-refractivity contribution in [3.05, 3.63) is 0 Å². The highest BCUT2D eigenvalue weighted by atomic mass is 19.4. The zero-order valence-electron chi connectivity index (χ0n) is 10.00. The molecule has 100 valence electrons. The first-order valence-electron chi connectivity index (χ1n) is 5.70. The summed E-state index contributed by atoms with van der Waals surface area (Å²) in [5.41, 5.74) is 0.